The topological polar surface area (TPSA) is 75.7 Å². The van der Waals surface area contributed by atoms with Crippen LogP contribution in [0.5, 0.6) is 5.75 Å². The minimum atomic E-state index is -0.550. The largest absolute Gasteiger partial charge is 0.497 e. The predicted octanol–water partition coefficient (Wildman–Crippen LogP) is 4.68. The Balaban J connectivity index is 1.69. The summed E-state index contributed by atoms with van der Waals surface area (Å²) in [5.41, 5.74) is 1.08. The van der Waals surface area contributed by atoms with Crippen molar-refractivity contribution in [1.29, 1.82) is 0 Å². The van der Waals surface area contributed by atoms with Gasteiger partial charge in [-0.1, -0.05) is 29.3 Å². The molecule has 1 saturated heterocycles. The van der Waals surface area contributed by atoms with Crippen molar-refractivity contribution >= 4 is 63.8 Å². The molecule has 0 saturated carbocycles. The molecular formula is C19H14Cl2N2O4S. The molecule has 2 aromatic rings. The van der Waals surface area contributed by atoms with Crippen molar-refractivity contribution in [2.45, 2.75) is 0 Å². The van der Waals surface area contributed by atoms with E-state index < -0.39 is 17.1 Å². The van der Waals surface area contributed by atoms with Crippen molar-refractivity contribution in [3.63, 3.8) is 0 Å². The van der Waals surface area contributed by atoms with Crippen LogP contribution in [-0.2, 0) is 9.59 Å². The van der Waals surface area contributed by atoms with Crippen LogP contribution in [0, 0.1) is 0 Å². The minimum absolute atomic E-state index is 0.187. The molecular weight excluding hydrogens is 423 g/mol. The summed E-state index contributed by atoms with van der Waals surface area (Å²) in [5, 5.41) is 2.94. The number of hydrogen-bond donors (Lipinski definition) is 1. The molecule has 0 bridgehead atoms. The lowest BCUT2D eigenvalue weighted by atomic mass is 10.2. The number of benzene rings is 2. The number of imide groups is 1. The van der Waals surface area contributed by atoms with Crippen LogP contribution in [0.1, 0.15) is 5.56 Å². The maximum Gasteiger partial charge on any atom is 0.294 e. The highest BCUT2D eigenvalue weighted by molar-refractivity contribution is 8.18. The maximum atomic E-state index is 12.5. The van der Waals surface area contributed by atoms with Gasteiger partial charge in [0.1, 0.15) is 12.3 Å². The van der Waals surface area contributed by atoms with Gasteiger partial charge in [-0.15, -0.1) is 0 Å². The summed E-state index contributed by atoms with van der Waals surface area (Å²) in [6, 6.07) is 11.5. The number of ether oxygens (including phenoxy) is 1. The number of hydrogen-bond acceptors (Lipinski definition) is 5. The Morgan fingerprint density at radius 3 is 2.54 bits per heavy atom. The molecule has 1 heterocycles. The molecule has 3 rings (SSSR count). The van der Waals surface area contributed by atoms with Gasteiger partial charge in [0, 0.05) is 15.7 Å². The molecule has 3 amide bonds. The van der Waals surface area contributed by atoms with Gasteiger partial charge in [-0.3, -0.25) is 19.3 Å². The van der Waals surface area contributed by atoms with Crippen LogP contribution in [0.2, 0.25) is 10.0 Å². The summed E-state index contributed by atoms with van der Waals surface area (Å²) < 4.78 is 5.05. The van der Waals surface area contributed by atoms with E-state index in [1.54, 1.807) is 42.5 Å². The number of thioether (sulfide) groups is 1. The van der Waals surface area contributed by atoms with Crippen molar-refractivity contribution in [3.05, 3.63) is 63.0 Å². The first-order valence-corrected chi connectivity index (χ1v) is 9.59. The van der Waals surface area contributed by atoms with Crippen molar-refractivity contribution in [1.82, 2.24) is 4.90 Å². The number of nitrogens with one attached hydrogen (secondary N) is 1. The van der Waals surface area contributed by atoms with E-state index in [2.05, 4.69) is 5.32 Å². The monoisotopic (exact) mass is 436 g/mol. The maximum absolute atomic E-state index is 12.5. The molecule has 0 unspecified atom stereocenters. The third-order valence-corrected chi connectivity index (χ3v) is 5.27. The van der Waals surface area contributed by atoms with Crippen LogP contribution in [0.4, 0.5) is 10.5 Å². The highest BCUT2D eigenvalue weighted by Gasteiger charge is 2.36. The Kier molecular flexibility index (Phi) is 6.28. The van der Waals surface area contributed by atoms with E-state index in [9.17, 15) is 14.4 Å². The summed E-state index contributed by atoms with van der Waals surface area (Å²) in [6.45, 7) is -0.387. The van der Waals surface area contributed by atoms with Gasteiger partial charge < -0.3 is 10.1 Å². The highest BCUT2D eigenvalue weighted by atomic mass is 35.5. The van der Waals surface area contributed by atoms with E-state index in [0.29, 0.717) is 27.0 Å². The second kappa shape index (κ2) is 8.68. The molecule has 0 aliphatic carbocycles. The lowest BCUT2D eigenvalue weighted by Gasteiger charge is -2.12. The van der Waals surface area contributed by atoms with Crippen LogP contribution >= 0.6 is 35.0 Å². The van der Waals surface area contributed by atoms with Crippen LogP contribution in [0.15, 0.2) is 47.4 Å². The van der Waals surface area contributed by atoms with Crippen molar-refractivity contribution in [2.24, 2.45) is 0 Å². The minimum Gasteiger partial charge on any atom is -0.497 e. The lowest BCUT2D eigenvalue weighted by Crippen LogP contribution is -2.36. The standard InChI is InChI=1S/C19H14Cl2N2O4S/c1-27-14-6-4-13(5-7-14)22-17(24)10-23-18(25)16(28-19(23)26)8-11-2-3-12(20)9-15(11)21/h2-9H,10H2,1H3,(H,22,24)/b16-8-. The Bertz CT molecular complexity index is 976. The van der Waals surface area contributed by atoms with Gasteiger partial charge in [-0.05, 0) is 59.8 Å². The number of carbonyl (C=O) groups is 3. The summed E-state index contributed by atoms with van der Waals surface area (Å²) in [4.78, 5) is 38.0. The number of carbonyl (C=O) groups excluding carboxylic acids is 3. The molecule has 28 heavy (non-hydrogen) atoms. The van der Waals surface area contributed by atoms with Gasteiger partial charge in [0.05, 0.1) is 12.0 Å². The molecule has 0 aromatic heterocycles. The first-order chi connectivity index (χ1) is 13.4. The van der Waals surface area contributed by atoms with Crippen LogP contribution in [-0.4, -0.2) is 35.6 Å². The number of amides is 3. The fourth-order valence-corrected chi connectivity index (χ4v) is 3.71. The van der Waals surface area contributed by atoms with Gasteiger partial charge in [-0.2, -0.15) is 0 Å². The van der Waals surface area contributed by atoms with Gasteiger partial charge in [0.15, 0.2) is 0 Å². The van der Waals surface area contributed by atoms with E-state index in [1.807, 2.05) is 0 Å². The predicted molar refractivity (Wildman–Crippen MR) is 111 cm³/mol. The molecule has 1 fully saturated rings. The summed E-state index contributed by atoms with van der Waals surface area (Å²) in [7, 11) is 1.54. The second-order valence-electron chi connectivity index (χ2n) is 5.71. The van der Waals surface area contributed by atoms with E-state index in [0.717, 1.165) is 16.7 Å². The highest BCUT2D eigenvalue weighted by Crippen LogP contribution is 2.34. The second-order valence-corrected chi connectivity index (χ2v) is 7.55. The zero-order valence-corrected chi connectivity index (χ0v) is 16.9. The zero-order chi connectivity index (χ0) is 20.3. The number of anilines is 1. The first-order valence-electron chi connectivity index (χ1n) is 8.01. The van der Waals surface area contributed by atoms with Crippen LogP contribution in [0.3, 0.4) is 0 Å². The van der Waals surface area contributed by atoms with Crippen molar-refractivity contribution in [3.8, 4) is 5.75 Å². The van der Waals surface area contributed by atoms with Gasteiger partial charge in [0.2, 0.25) is 5.91 Å². The van der Waals surface area contributed by atoms with Crippen molar-refractivity contribution in [2.75, 3.05) is 19.0 Å². The Morgan fingerprint density at radius 2 is 1.89 bits per heavy atom. The van der Waals surface area contributed by atoms with E-state index >= 15 is 0 Å². The summed E-state index contributed by atoms with van der Waals surface area (Å²) in [6.07, 6.45) is 1.50. The number of nitrogens with zero attached hydrogens (tertiary/aromatic N) is 1. The average Bonchev–Trinajstić information content (AvgIpc) is 2.92. The quantitative estimate of drug-likeness (QED) is 0.688. The Labute approximate surface area is 175 Å². The number of halogens is 2. The fourth-order valence-electron chi connectivity index (χ4n) is 2.41. The Hall–Kier alpha value is -2.48. The number of methoxy groups -OCH3 is 1. The molecule has 2 aromatic carbocycles. The van der Waals surface area contributed by atoms with Crippen molar-refractivity contribution < 1.29 is 19.1 Å². The smallest absolute Gasteiger partial charge is 0.294 e. The number of rotatable bonds is 5. The fraction of sp³-hybridized carbons (Fsp3) is 0.105. The third-order valence-electron chi connectivity index (χ3n) is 3.80. The van der Waals surface area contributed by atoms with Crippen LogP contribution in [0.25, 0.3) is 6.08 Å². The molecule has 144 valence electrons. The summed E-state index contributed by atoms with van der Waals surface area (Å²) >= 11 is 12.7. The zero-order valence-electron chi connectivity index (χ0n) is 14.6. The molecule has 0 atom stereocenters. The van der Waals surface area contributed by atoms with E-state index in [-0.39, 0.29) is 11.4 Å². The van der Waals surface area contributed by atoms with E-state index in [1.165, 1.54) is 13.2 Å². The molecule has 1 aliphatic rings. The van der Waals surface area contributed by atoms with Gasteiger partial charge >= 0.3 is 0 Å². The molecule has 0 radical (unpaired) electrons. The van der Waals surface area contributed by atoms with Crippen LogP contribution < -0.4 is 10.1 Å². The molecule has 9 heteroatoms. The van der Waals surface area contributed by atoms with Gasteiger partial charge in [-0.25, -0.2) is 0 Å². The normalized spacial score (nSPS) is 15.2. The summed E-state index contributed by atoms with van der Waals surface area (Å²) in [5.74, 6) is -0.390. The SMILES string of the molecule is COc1ccc(NC(=O)CN2C(=O)S/C(=C\c3ccc(Cl)cc3Cl)C2=O)cc1. The van der Waals surface area contributed by atoms with Gasteiger partial charge in [0.25, 0.3) is 11.1 Å². The molecule has 1 N–H and O–H groups in total. The average molecular weight is 437 g/mol. The third kappa shape index (κ3) is 4.67. The molecule has 6 nitrogen and oxygen atoms in total. The Morgan fingerprint density at radius 1 is 1.18 bits per heavy atom. The first kappa shape index (κ1) is 20.3. The van der Waals surface area contributed by atoms with E-state index in [4.69, 9.17) is 27.9 Å². The molecule has 1 aliphatic heterocycles. The molecule has 0 spiro atoms. The lowest BCUT2D eigenvalue weighted by molar-refractivity contribution is -0.127.